The van der Waals surface area contributed by atoms with E-state index in [0.717, 1.165) is 16.7 Å². The second kappa shape index (κ2) is 9.32. The second-order valence-corrected chi connectivity index (χ2v) is 8.03. The van der Waals surface area contributed by atoms with Gasteiger partial charge in [0, 0.05) is 11.8 Å². The molecule has 2 fully saturated rings. The maximum atomic E-state index is 12.6. The van der Waals surface area contributed by atoms with E-state index in [-0.39, 0.29) is 46.4 Å². The Balaban J connectivity index is 0.00000320. The van der Waals surface area contributed by atoms with Gasteiger partial charge in [0.05, 0.1) is 28.0 Å². The van der Waals surface area contributed by atoms with Gasteiger partial charge < -0.3 is 19.5 Å². The van der Waals surface area contributed by atoms with Gasteiger partial charge in [-0.25, -0.2) is 15.8 Å². The van der Waals surface area contributed by atoms with Gasteiger partial charge in [-0.15, -0.1) is 11.8 Å². The molecule has 4 N–H and O–H groups in total. The molecule has 0 aliphatic carbocycles. The summed E-state index contributed by atoms with van der Waals surface area (Å²) in [6, 6.07) is 1.34. The zero-order valence-electron chi connectivity index (χ0n) is 15.8. The number of carbonyl (C=O) groups excluding carboxylic acids is 4. The molecule has 3 heterocycles. The number of nitrogens with zero attached hydrogens (tertiary/aromatic N) is 2. The maximum Gasteiger partial charge on any atom is 1.00 e. The third kappa shape index (κ3) is 4.31. The van der Waals surface area contributed by atoms with Gasteiger partial charge in [0.25, 0.3) is 11.8 Å². The summed E-state index contributed by atoms with van der Waals surface area (Å²) in [4.78, 5) is 52.0. The Labute approximate surface area is 195 Å². The minimum atomic E-state index is -1.51. The number of nitrogens with one attached hydrogen (secondary N) is 2. The van der Waals surface area contributed by atoms with Crippen LogP contribution < -0.4 is 45.6 Å². The first-order valence-electron chi connectivity index (χ1n) is 8.12. The minimum Gasteiger partial charge on any atom is -0.548 e. The number of aromatic nitrogens is 1. The molecule has 12 nitrogen and oxygen atoms in total. The van der Waals surface area contributed by atoms with Gasteiger partial charge in [-0.3, -0.25) is 25.0 Å². The van der Waals surface area contributed by atoms with Crippen molar-refractivity contribution in [2.75, 3.05) is 6.61 Å². The summed E-state index contributed by atoms with van der Waals surface area (Å²) >= 11 is 1.08. The summed E-state index contributed by atoms with van der Waals surface area (Å²) in [5.74, 6) is -2.83. The molecule has 1 aromatic heterocycles. The Morgan fingerprint density at radius 3 is 2.70 bits per heavy atom. The van der Waals surface area contributed by atoms with Crippen molar-refractivity contribution in [3.05, 3.63) is 35.2 Å². The third-order valence-corrected chi connectivity index (χ3v) is 6.07. The Morgan fingerprint density at radius 1 is 1.40 bits per heavy atom. The molecule has 3 atom stereocenters. The fourth-order valence-electron chi connectivity index (χ4n) is 3.17. The molecule has 2 aliphatic heterocycles. The number of ether oxygens (including phenoxy) is 1. The molecular weight excluding hydrogens is 431 g/mol. The van der Waals surface area contributed by atoms with Crippen LogP contribution in [0.15, 0.2) is 23.9 Å². The molecule has 0 bridgehead atoms. The molecule has 0 saturated carbocycles. The van der Waals surface area contributed by atoms with Crippen LogP contribution in [0, 0.1) is 0 Å². The molecule has 2 saturated heterocycles. The molecule has 3 amide bonds. The van der Waals surface area contributed by atoms with Gasteiger partial charge in [-0.2, -0.15) is 0 Å². The van der Waals surface area contributed by atoms with E-state index in [1.165, 1.54) is 42.3 Å². The zero-order valence-corrected chi connectivity index (χ0v) is 18.6. The Morgan fingerprint density at radius 2 is 2.10 bits per heavy atom. The Hall–Kier alpha value is -2.16. The number of hydrogen-bond donors (Lipinski definition) is 4. The van der Waals surface area contributed by atoms with E-state index >= 15 is 0 Å². The number of hydrogen-bond acceptors (Lipinski definition) is 10. The quantitative estimate of drug-likeness (QED) is 0.113. The van der Waals surface area contributed by atoms with Crippen LogP contribution >= 0.6 is 11.8 Å². The summed E-state index contributed by atoms with van der Waals surface area (Å²) in [6.07, 6.45) is 1.56. The van der Waals surface area contributed by atoms with Crippen LogP contribution in [-0.4, -0.2) is 66.9 Å². The summed E-state index contributed by atoms with van der Waals surface area (Å²) in [7, 11) is 0. The standard InChI is InChI=1S/C16H16N4O8S.Na/c1-16(6-28-15(25)19-27)10(14(23)24)20-12(22)9(13(20)29-16)5-8-4-7(2-3-17-8)11(21)18-26;/h2-5,10,13,26-27H,6H2,1H3,(H,18,21)(H,19,25)(H,23,24);/q;+1/p-1/b9-5-;/t10-,13?,16-;/m0./s1. The topological polar surface area (TPSA) is 181 Å². The maximum absolute atomic E-state index is 12.6. The SMILES string of the molecule is C[C@@]1(COC(=O)NO)SC2/C(=C\c3cc(C(=O)NO)ccn3)C(=O)N2[C@H]1C(=O)[O-].[Na+]. The monoisotopic (exact) mass is 446 g/mol. The van der Waals surface area contributed by atoms with Crippen molar-refractivity contribution in [3.63, 3.8) is 0 Å². The number of pyridine rings is 1. The normalized spacial score (nSPS) is 25.6. The number of fused-ring (bicyclic) bond motifs is 1. The van der Waals surface area contributed by atoms with Gasteiger partial charge >= 0.3 is 35.7 Å². The smallest absolute Gasteiger partial charge is 0.548 e. The average Bonchev–Trinajstić information content (AvgIpc) is 3.00. The number of hydroxylamine groups is 2. The number of carboxylic acid groups (broad SMARTS) is 1. The van der Waals surface area contributed by atoms with E-state index in [0.29, 0.717) is 0 Å². The number of carbonyl (C=O) groups is 4. The largest absolute Gasteiger partial charge is 1.00 e. The number of rotatable bonds is 5. The first-order chi connectivity index (χ1) is 13.7. The van der Waals surface area contributed by atoms with Crippen LogP contribution in [0.3, 0.4) is 0 Å². The molecule has 30 heavy (non-hydrogen) atoms. The zero-order chi connectivity index (χ0) is 21.3. The summed E-state index contributed by atoms with van der Waals surface area (Å²) in [5.41, 5.74) is 3.37. The summed E-state index contributed by atoms with van der Waals surface area (Å²) < 4.78 is 3.55. The number of amides is 3. The third-order valence-electron chi connectivity index (χ3n) is 4.49. The summed E-state index contributed by atoms with van der Waals surface area (Å²) in [6.45, 7) is 1.09. The van der Waals surface area contributed by atoms with Crippen molar-refractivity contribution in [1.29, 1.82) is 0 Å². The van der Waals surface area contributed by atoms with Crippen molar-refractivity contribution in [2.45, 2.75) is 23.1 Å². The van der Waals surface area contributed by atoms with Crippen LogP contribution in [0.25, 0.3) is 6.08 Å². The molecule has 14 heteroatoms. The van der Waals surface area contributed by atoms with Gasteiger partial charge in [0.1, 0.15) is 12.0 Å². The number of thioether (sulfide) groups is 1. The van der Waals surface area contributed by atoms with E-state index in [2.05, 4.69) is 4.98 Å². The molecule has 154 valence electrons. The summed E-state index contributed by atoms with van der Waals surface area (Å²) in [5, 5.41) is 28.2. The molecule has 1 unspecified atom stereocenters. The van der Waals surface area contributed by atoms with Crippen LogP contribution in [0.2, 0.25) is 0 Å². The van der Waals surface area contributed by atoms with Crippen molar-refractivity contribution in [1.82, 2.24) is 20.8 Å². The van der Waals surface area contributed by atoms with E-state index < -0.39 is 46.6 Å². The van der Waals surface area contributed by atoms with Crippen LogP contribution in [-0.2, 0) is 14.3 Å². The minimum absolute atomic E-state index is 0. The number of carboxylic acids is 1. The molecule has 0 aromatic carbocycles. The van der Waals surface area contributed by atoms with Crippen LogP contribution in [0.5, 0.6) is 0 Å². The average molecular weight is 446 g/mol. The van der Waals surface area contributed by atoms with Gasteiger partial charge in [0.15, 0.2) is 0 Å². The van der Waals surface area contributed by atoms with Crippen molar-refractivity contribution < 1.29 is 69.0 Å². The number of aliphatic carboxylic acids is 1. The van der Waals surface area contributed by atoms with E-state index in [4.69, 9.17) is 15.2 Å². The molecule has 2 aliphatic rings. The molecular formula is C16H15N4NaO8S. The predicted molar refractivity (Wildman–Crippen MR) is 93.2 cm³/mol. The second-order valence-electron chi connectivity index (χ2n) is 6.41. The van der Waals surface area contributed by atoms with Gasteiger partial charge in [0.2, 0.25) is 0 Å². The first-order valence-corrected chi connectivity index (χ1v) is 9.00. The molecule has 1 aromatic rings. The molecule has 0 spiro atoms. The Kier molecular flexibility index (Phi) is 7.49. The van der Waals surface area contributed by atoms with Crippen molar-refractivity contribution >= 4 is 41.7 Å². The fraction of sp³-hybridized carbons (Fsp3) is 0.312. The van der Waals surface area contributed by atoms with Crippen molar-refractivity contribution in [3.8, 4) is 0 Å². The number of β-lactam (4-membered cyclic amide) rings is 1. The first kappa shape index (κ1) is 24.1. The predicted octanol–water partition coefficient (Wildman–Crippen LogP) is -4.50. The van der Waals surface area contributed by atoms with E-state index in [1.807, 2.05) is 0 Å². The van der Waals surface area contributed by atoms with Gasteiger partial charge in [-0.05, 0) is 25.1 Å². The Bertz CT molecular complexity index is 928. The van der Waals surface area contributed by atoms with Crippen LogP contribution in [0.1, 0.15) is 23.0 Å². The van der Waals surface area contributed by atoms with E-state index in [1.54, 1.807) is 0 Å². The fourth-order valence-corrected chi connectivity index (χ4v) is 4.78. The molecule has 3 rings (SSSR count). The van der Waals surface area contributed by atoms with Crippen molar-refractivity contribution in [2.24, 2.45) is 0 Å². The molecule has 0 radical (unpaired) electrons. The van der Waals surface area contributed by atoms with Crippen LogP contribution in [0.4, 0.5) is 4.79 Å². The van der Waals surface area contributed by atoms with E-state index in [9.17, 15) is 24.3 Å². The van der Waals surface area contributed by atoms with Gasteiger partial charge in [-0.1, -0.05) is 0 Å².